The van der Waals surface area contributed by atoms with Crippen molar-refractivity contribution in [1.29, 1.82) is 0 Å². The maximum absolute atomic E-state index is 13.8. The SMILES string of the molecule is O=C(c1cccc2ccccc12)N1CC(CCN2CCC(c3ccc(F)cc3)CC2)[C@H](C2CCCC2)C1. The molecule has 3 nitrogen and oxygen atoms in total. The number of hydrogen-bond acceptors (Lipinski definition) is 2. The second-order valence-electron chi connectivity index (χ2n) is 11.7. The van der Waals surface area contributed by atoms with Crippen LogP contribution in [0.3, 0.4) is 0 Å². The first-order valence-electron chi connectivity index (χ1n) is 14.4. The van der Waals surface area contributed by atoms with Crippen molar-refractivity contribution >= 4 is 16.7 Å². The molecular weight excluding hydrogens is 459 g/mol. The molecule has 2 saturated heterocycles. The number of fused-ring (bicyclic) bond motifs is 1. The summed E-state index contributed by atoms with van der Waals surface area (Å²) < 4.78 is 13.3. The van der Waals surface area contributed by atoms with Gasteiger partial charge in [-0.15, -0.1) is 0 Å². The van der Waals surface area contributed by atoms with E-state index in [2.05, 4.69) is 28.0 Å². The Balaban J connectivity index is 1.10. The largest absolute Gasteiger partial charge is 0.338 e. The molecule has 37 heavy (non-hydrogen) atoms. The molecule has 6 rings (SSSR count). The predicted molar refractivity (Wildman–Crippen MR) is 148 cm³/mol. The molecule has 0 radical (unpaired) electrons. The Hall–Kier alpha value is -2.72. The van der Waals surface area contributed by atoms with E-state index in [1.807, 2.05) is 36.4 Å². The quantitative estimate of drug-likeness (QED) is 0.361. The molecule has 3 aromatic carbocycles. The number of amides is 1. The molecule has 3 aliphatic rings. The van der Waals surface area contributed by atoms with E-state index < -0.39 is 0 Å². The lowest BCUT2D eigenvalue weighted by atomic mass is 9.81. The highest BCUT2D eigenvalue weighted by Crippen LogP contribution is 2.41. The zero-order chi connectivity index (χ0) is 25.2. The minimum absolute atomic E-state index is 0.150. The number of hydrogen-bond donors (Lipinski definition) is 0. The second-order valence-corrected chi connectivity index (χ2v) is 11.7. The number of piperidine rings is 1. The molecule has 0 N–H and O–H groups in total. The third kappa shape index (κ3) is 5.31. The van der Waals surface area contributed by atoms with Gasteiger partial charge in [0, 0.05) is 18.7 Å². The Morgan fingerprint density at radius 1 is 0.838 bits per heavy atom. The molecule has 3 fully saturated rings. The summed E-state index contributed by atoms with van der Waals surface area (Å²) in [7, 11) is 0. The predicted octanol–water partition coefficient (Wildman–Crippen LogP) is 7.13. The van der Waals surface area contributed by atoms with Crippen molar-refractivity contribution in [3.8, 4) is 0 Å². The van der Waals surface area contributed by atoms with Crippen molar-refractivity contribution < 1.29 is 9.18 Å². The van der Waals surface area contributed by atoms with E-state index in [1.54, 1.807) is 12.1 Å². The van der Waals surface area contributed by atoms with Crippen molar-refractivity contribution in [2.24, 2.45) is 17.8 Å². The van der Waals surface area contributed by atoms with Crippen LogP contribution in [0.25, 0.3) is 10.8 Å². The van der Waals surface area contributed by atoms with Crippen LogP contribution < -0.4 is 0 Å². The van der Waals surface area contributed by atoms with Crippen molar-refractivity contribution in [2.45, 2.75) is 50.9 Å². The Kier molecular flexibility index (Phi) is 7.28. The third-order valence-electron chi connectivity index (χ3n) is 9.55. The minimum Gasteiger partial charge on any atom is -0.338 e. The average Bonchev–Trinajstić information content (AvgIpc) is 3.62. The van der Waals surface area contributed by atoms with E-state index in [4.69, 9.17) is 0 Å². The molecule has 1 saturated carbocycles. The third-order valence-corrected chi connectivity index (χ3v) is 9.55. The number of benzene rings is 3. The van der Waals surface area contributed by atoms with Gasteiger partial charge in [-0.3, -0.25) is 4.79 Å². The summed E-state index contributed by atoms with van der Waals surface area (Å²) in [6.45, 7) is 5.17. The highest BCUT2D eigenvalue weighted by molar-refractivity contribution is 6.07. The summed E-state index contributed by atoms with van der Waals surface area (Å²) in [5, 5.41) is 2.21. The highest BCUT2D eigenvalue weighted by atomic mass is 19.1. The summed E-state index contributed by atoms with van der Waals surface area (Å²) in [5.41, 5.74) is 2.13. The van der Waals surface area contributed by atoms with Crippen LogP contribution >= 0.6 is 0 Å². The smallest absolute Gasteiger partial charge is 0.254 e. The molecule has 1 unspecified atom stereocenters. The van der Waals surface area contributed by atoms with Gasteiger partial charge in [-0.05, 0) is 97.1 Å². The monoisotopic (exact) mass is 498 g/mol. The normalized spacial score (nSPS) is 23.8. The summed E-state index contributed by atoms with van der Waals surface area (Å²) in [6, 6.07) is 21.5. The summed E-state index contributed by atoms with van der Waals surface area (Å²) in [5.74, 6) is 2.61. The molecule has 2 heterocycles. The standard InChI is InChI=1S/C33H39FN2O/c34-29-14-12-24(13-15-29)25-16-19-35(20-17-25)21-18-28-22-36(23-32(28)27-7-1-2-8-27)33(37)31-11-5-9-26-6-3-4-10-30(26)31/h3-6,9-15,25,27-28,32H,1-2,7-8,16-23H2/t28?,32-/m0/s1. The van der Waals surface area contributed by atoms with Gasteiger partial charge in [-0.1, -0.05) is 74.2 Å². The van der Waals surface area contributed by atoms with E-state index in [9.17, 15) is 9.18 Å². The van der Waals surface area contributed by atoms with Gasteiger partial charge in [0.15, 0.2) is 0 Å². The van der Waals surface area contributed by atoms with Crippen LogP contribution in [-0.2, 0) is 0 Å². The van der Waals surface area contributed by atoms with Crippen molar-refractivity contribution in [3.63, 3.8) is 0 Å². The molecule has 1 amide bonds. The van der Waals surface area contributed by atoms with Crippen molar-refractivity contribution in [1.82, 2.24) is 9.80 Å². The van der Waals surface area contributed by atoms with Crippen LogP contribution in [0, 0.1) is 23.6 Å². The topological polar surface area (TPSA) is 23.6 Å². The van der Waals surface area contributed by atoms with E-state index >= 15 is 0 Å². The van der Waals surface area contributed by atoms with Crippen LogP contribution in [-0.4, -0.2) is 48.4 Å². The van der Waals surface area contributed by atoms with Gasteiger partial charge >= 0.3 is 0 Å². The number of halogens is 1. The lowest BCUT2D eigenvalue weighted by Crippen LogP contribution is -2.35. The number of carbonyl (C=O) groups excluding carboxylic acids is 1. The van der Waals surface area contributed by atoms with E-state index in [1.165, 1.54) is 37.7 Å². The van der Waals surface area contributed by atoms with Gasteiger partial charge in [-0.25, -0.2) is 4.39 Å². The number of rotatable bonds is 6. The Bertz CT molecular complexity index is 1210. The van der Waals surface area contributed by atoms with Gasteiger partial charge in [0.25, 0.3) is 5.91 Å². The van der Waals surface area contributed by atoms with Gasteiger partial charge < -0.3 is 9.80 Å². The lowest BCUT2D eigenvalue weighted by molar-refractivity contribution is 0.0782. The van der Waals surface area contributed by atoms with Gasteiger partial charge in [0.2, 0.25) is 0 Å². The fourth-order valence-electron chi connectivity index (χ4n) is 7.44. The van der Waals surface area contributed by atoms with Crippen LogP contribution in [0.4, 0.5) is 4.39 Å². The first-order valence-corrected chi connectivity index (χ1v) is 14.4. The zero-order valence-electron chi connectivity index (χ0n) is 21.8. The fourth-order valence-corrected chi connectivity index (χ4v) is 7.44. The number of nitrogens with zero attached hydrogens (tertiary/aromatic N) is 2. The summed E-state index contributed by atoms with van der Waals surface area (Å²) in [4.78, 5) is 18.6. The molecule has 4 heteroatoms. The van der Waals surface area contributed by atoms with Crippen LogP contribution in [0.15, 0.2) is 66.7 Å². The van der Waals surface area contributed by atoms with Crippen molar-refractivity contribution in [3.05, 3.63) is 83.7 Å². The van der Waals surface area contributed by atoms with Crippen molar-refractivity contribution in [2.75, 3.05) is 32.7 Å². The highest BCUT2D eigenvalue weighted by Gasteiger charge is 2.40. The van der Waals surface area contributed by atoms with Crippen LogP contribution in [0.5, 0.6) is 0 Å². The summed E-state index contributed by atoms with van der Waals surface area (Å²) in [6.07, 6.45) is 8.84. The maximum atomic E-state index is 13.8. The number of carbonyl (C=O) groups is 1. The van der Waals surface area contributed by atoms with Gasteiger partial charge in [0.05, 0.1) is 0 Å². The van der Waals surface area contributed by atoms with E-state index in [-0.39, 0.29) is 11.7 Å². The molecule has 0 spiro atoms. The van der Waals surface area contributed by atoms with Crippen LogP contribution in [0.1, 0.15) is 66.8 Å². The zero-order valence-corrected chi connectivity index (χ0v) is 21.8. The molecule has 0 aromatic heterocycles. The van der Waals surface area contributed by atoms with Crippen LogP contribution in [0.2, 0.25) is 0 Å². The molecule has 2 atom stereocenters. The fraction of sp³-hybridized carbons (Fsp3) is 0.485. The van der Waals surface area contributed by atoms with E-state index in [0.29, 0.717) is 17.8 Å². The van der Waals surface area contributed by atoms with Gasteiger partial charge in [0.1, 0.15) is 5.82 Å². The second kappa shape index (κ2) is 10.9. The molecule has 3 aromatic rings. The molecule has 1 aliphatic carbocycles. The van der Waals surface area contributed by atoms with Gasteiger partial charge in [-0.2, -0.15) is 0 Å². The minimum atomic E-state index is -0.150. The Morgan fingerprint density at radius 2 is 1.57 bits per heavy atom. The molecule has 0 bridgehead atoms. The maximum Gasteiger partial charge on any atom is 0.254 e. The molecule has 194 valence electrons. The molecule has 2 aliphatic heterocycles. The Morgan fingerprint density at radius 3 is 2.35 bits per heavy atom. The lowest BCUT2D eigenvalue weighted by Gasteiger charge is -2.33. The first kappa shape index (κ1) is 24.6. The molecular formula is C33H39FN2O. The number of likely N-dealkylation sites (tertiary alicyclic amines) is 2. The summed E-state index contributed by atoms with van der Waals surface area (Å²) >= 11 is 0. The van der Waals surface area contributed by atoms with E-state index in [0.717, 1.165) is 67.8 Å². The Labute approximate surface area is 220 Å². The first-order chi connectivity index (χ1) is 18.2. The average molecular weight is 499 g/mol.